The Morgan fingerprint density at radius 2 is 1.22 bits per heavy atom. The zero-order valence-corrected chi connectivity index (χ0v) is 21.2. The molecule has 0 aliphatic rings. The van der Waals surface area contributed by atoms with E-state index in [1.165, 1.54) is 0 Å². The highest BCUT2D eigenvalue weighted by Gasteiger charge is 2.32. The van der Waals surface area contributed by atoms with E-state index in [2.05, 4.69) is 16.0 Å². The van der Waals surface area contributed by atoms with Crippen LogP contribution in [0.25, 0.3) is 0 Å². The molecule has 0 heterocycles. The number of carbonyl (C=O) groups excluding carboxylic acids is 3. The second kappa shape index (κ2) is 14.8. The van der Waals surface area contributed by atoms with Crippen molar-refractivity contribution in [2.75, 3.05) is 0 Å². The Morgan fingerprint density at radius 1 is 0.750 bits per heavy atom. The molecule has 1 rings (SSSR count). The van der Waals surface area contributed by atoms with Crippen molar-refractivity contribution in [3.63, 3.8) is 0 Å². The quantitative estimate of drug-likeness (QED) is 0.200. The number of nitrogens with two attached hydrogens (primary N) is 1. The van der Waals surface area contributed by atoms with Crippen LogP contribution in [0.1, 0.15) is 52.5 Å². The maximum absolute atomic E-state index is 13.0. The van der Waals surface area contributed by atoms with Gasteiger partial charge in [0.1, 0.15) is 18.1 Å². The maximum atomic E-state index is 13.0. The zero-order chi connectivity index (χ0) is 27.4. The highest BCUT2D eigenvalue weighted by Crippen LogP contribution is 2.09. The zero-order valence-electron chi connectivity index (χ0n) is 21.2. The first-order valence-electron chi connectivity index (χ1n) is 11.9. The highest BCUT2D eigenvalue weighted by molar-refractivity contribution is 5.95. The van der Waals surface area contributed by atoms with Crippen molar-refractivity contribution in [2.24, 2.45) is 17.6 Å². The lowest BCUT2D eigenvalue weighted by Crippen LogP contribution is -2.58. The van der Waals surface area contributed by atoms with Crippen LogP contribution in [0.4, 0.5) is 0 Å². The van der Waals surface area contributed by atoms with Crippen LogP contribution < -0.4 is 21.7 Å². The van der Waals surface area contributed by atoms with Crippen molar-refractivity contribution in [2.45, 2.75) is 77.5 Å². The largest absolute Gasteiger partial charge is 0.481 e. The molecule has 1 aromatic rings. The first-order valence-corrected chi connectivity index (χ1v) is 11.9. The molecule has 11 nitrogen and oxygen atoms in total. The van der Waals surface area contributed by atoms with Gasteiger partial charge >= 0.3 is 11.9 Å². The molecule has 3 amide bonds. The predicted molar refractivity (Wildman–Crippen MR) is 133 cm³/mol. The van der Waals surface area contributed by atoms with E-state index in [0.29, 0.717) is 0 Å². The van der Waals surface area contributed by atoms with Crippen LogP contribution >= 0.6 is 0 Å². The van der Waals surface area contributed by atoms with Gasteiger partial charge in [0.05, 0.1) is 12.5 Å². The van der Waals surface area contributed by atoms with Crippen molar-refractivity contribution >= 4 is 29.7 Å². The molecular formula is C25H38N4O7. The second-order valence-electron chi connectivity index (χ2n) is 9.67. The SMILES string of the molecule is CC(C)CC(NC(=O)C(CC(=O)O)NC(=O)C(CC(C)C)NC(=O)C(N)Cc1ccccc1)C(=O)O. The van der Waals surface area contributed by atoms with Gasteiger partial charge in [-0.1, -0.05) is 58.0 Å². The third-order valence-electron chi connectivity index (χ3n) is 5.31. The van der Waals surface area contributed by atoms with Gasteiger partial charge in [0, 0.05) is 0 Å². The van der Waals surface area contributed by atoms with E-state index < -0.39 is 60.2 Å². The lowest BCUT2D eigenvalue weighted by atomic mass is 10.0. The molecule has 0 aliphatic heterocycles. The van der Waals surface area contributed by atoms with Gasteiger partial charge in [0.2, 0.25) is 17.7 Å². The van der Waals surface area contributed by atoms with Gasteiger partial charge in [-0.05, 0) is 36.7 Å². The number of benzene rings is 1. The first kappa shape index (κ1) is 30.6. The van der Waals surface area contributed by atoms with Crippen LogP contribution in [-0.4, -0.2) is 64.0 Å². The lowest BCUT2D eigenvalue weighted by molar-refractivity contribution is -0.144. The van der Waals surface area contributed by atoms with Crippen molar-refractivity contribution < 1.29 is 34.2 Å². The molecule has 0 radical (unpaired) electrons. The van der Waals surface area contributed by atoms with Crippen LogP contribution in [0.2, 0.25) is 0 Å². The molecule has 0 aromatic heterocycles. The van der Waals surface area contributed by atoms with E-state index in [1.807, 2.05) is 44.2 Å². The van der Waals surface area contributed by atoms with Gasteiger partial charge in [-0.2, -0.15) is 0 Å². The summed E-state index contributed by atoms with van der Waals surface area (Å²) in [5, 5.41) is 25.9. The Morgan fingerprint density at radius 3 is 1.72 bits per heavy atom. The number of hydrogen-bond donors (Lipinski definition) is 6. The number of rotatable bonds is 15. The summed E-state index contributed by atoms with van der Waals surface area (Å²) in [4.78, 5) is 61.3. The normalized spacial score (nSPS) is 14.4. The van der Waals surface area contributed by atoms with Gasteiger partial charge in [-0.15, -0.1) is 0 Å². The van der Waals surface area contributed by atoms with Gasteiger partial charge in [0.15, 0.2) is 0 Å². The summed E-state index contributed by atoms with van der Waals surface area (Å²) in [7, 11) is 0. The molecule has 1 aromatic carbocycles. The van der Waals surface area contributed by atoms with E-state index >= 15 is 0 Å². The smallest absolute Gasteiger partial charge is 0.326 e. The number of carbonyl (C=O) groups is 5. The fourth-order valence-electron chi connectivity index (χ4n) is 3.56. The Balaban J connectivity index is 2.97. The van der Waals surface area contributed by atoms with E-state index in [1.54, 1.807) is 13.8 Å². The van der Waals surface area contributed by atoms with Crippen LogP contribution in [0.5, 0.6) is 0 Å². The van der Waals surface area contributed by atoms with Crippen molar-refractivity contribution in [3.05, 3.63) is 35.9 Å². The van der Waals surface area contributed by atoms with Gasteiger partial charge in [0.25, 0.3) is 0 Å². The molecule has 11 heteroatoms. The Labute approximate surface area is 211 Å². The minimum Gasteiger partial charge on any atom is -0.481 e. The summed E-state index contributed by atoms with van der Waals surface area (Å²) in [5.41, 5.74) is 6.87. The van der Waals surface area contributed by atoms with Crippen molar-refractivity contribution in [1.82, 2.24) is 16.0 Å². The number of aliphatic carboxylic acids is 2. The van der Waals surface area contributed by atoms with Crippen LogP contribution in [0, 0.1) is 11.8 Å². The Hall–Kier alpha value is -3.47. The predicted octanol–water partition coefficient (Wildman–Crippen LogP) is 0.662. The van der Waals surface area contributed by atoms with Crippen molar-refractivity contribution in [3.8, 4) is 0 Å². The molecule has 4 atom stereocenters. The lowest BCUT2D eigenvalue weighted by Gasteiger charge is -2.25. The van der Waals surface area contributed by atoms with Crippen LogP contribution in [0.3, 0.4) is 0 Å². The van der Waals surface area contributed by atoms with E-state index in [-0.39, 0.29) is 31.1 Å². The maximum Gasteiger partial charge on any atom is 0.326 e. The average molecular weight is 507 g/mol. The average Bonchev–Trinajstić information content (AvgIpc) is 2.77. The third-order valence-corrected chi connectivity index (χ3v) is 5.31. The number of hydrogen-bond acceptors (Lipinski definition) is 6. The number of amides is 3. The standard InChI is InChI=1S/C25H38N4O7/c1-14(2)10-18(27-22(32)17(26)12-16-8-6-5-7-9-16)23(33)28-19(13-21(30)31)24(34)29-20(25(35)36)11-15(3)4/h5-9,14-15,17-20H,10-13,26H2,1-4H3,(H,27,32)(H,28,33)(H,29,34)(H,30,31)(H,35,36). The molecule has 0 bridgehead atoms. The summed E-state index contributed by atoms with van der Waals surface area (Å²) < 4.78 is 0. The number of carboxylic acid groups (broad SMARTS) is 2. The van der Waals surface area contributed by atoms with Crippen LogP contribution in [-0.2, 0) is 30.4 Å². The molecule has 4 unspecified atom stereocenters. The summed E-state index contributed by atoms with van der Waals surface area (Å²) in [5.74, 6) is -4.97. The van der Waals surface area contributed by atoms with Gasteiger partial charge in [-0.3, -0.25) is 19.2 Å². The molecule has 200 valence electrons. The molecule has 0 saturated carbocycles. The minimum atomic E-state index is -1.53. The number of carboxylic acids is 2. The fraction of sp³-hybridized carbons (Fsp3) is 0.560. The molecule has 36 heavy (non-hydrogen) atoms. The Kier molecular flexibility index (Phi) is 12.6. The summed E-state index contributed by atoms with van der Waals surface area (Å²) in [6, 6.07) is 4.34. The van der Waals surface area contributed by atoms with Crippen molar-refractivity contribution in [1.29, 1.82) is 0 Å². The van der Waals surface area contributed by atoms with Gasteiger partial charge in [-0.25, -0.2) is 4.79 Å². The van der Waals surface area contributed by atoms with Crippen LogP contribution in [0.15, 0.2) is 30.3 Å². The van der Waals surface area contributed by atoms with E-state index in [4.69, 9.17) is 5.73 Å². The summed E-state index contributed by atoms with van der Waals surface area (Å²) in [6.07, 6.45) is -0.178. The monoisotopic (exact) mass is 506 g/mol. The van der Waals surface area contributed by atoms with Gasteiger partial charge < -0.3 is 31.9 Å². The number of nitrogens with one attached hydrogen (secondary N) is 3. The molecule has 0 spiro atoms. The summed E-state index contributed by atoms with van der Waals surface area (Å²) in [6.45, 7) is 7.23. The fourth-order valence-corrected chi connectivity index (χ4v) is 3.56. The second-order valence-corrected chi connectivity index (χ2v) is 9.67. The Bertz CT molecular complexity index is 905. The molecule has 0 fully saturated rings. The molecule has 0 saturated heterocycles. The highest BCUT2D eigenvalue weighted by atomic mass is 16.4. The topological polar surface area (TPSA) is 188 Å². The summed E-state index contributed by atoms with van der Waals surface area (Å²) >= 11 is 0. The molecule has 7 N–H and O–H groups in total. The van der Waals surface area contributed by atoms with E-state index in [0.717, 1.165) is 5.56 Å². The van der Waals surface area contributed by atoms with E-state index in [9.17, 15) is 34.2 Å². The first-order chi connectivity index (χ1) is 16.8. The minimum absolute atomic E-state index is 0.0272. The molecule has 0 aliphatic carbocycles. The molecular weight excluding hydrogens is 468 g/mol. The third kappa shape index (κ3) is 11.3.